The molecule has 0 saturated carbocycles. The van der Waals surface area contributed by atoms with Crippen LogP contribution in [0.2, 0.25) is 0 Å². The van der Waals surface area contributed by atoms with Crippen molar-refractivity contribution < 1.29 is 9.53 Å². The molecule has 22 heavy (non-hydrogen) atoms. The van der Waals surface area contributed by atoms with Crippen LogP contribution in [0.5, 0.6) is 0 Å². The zero-order valence-corrected chi connectivity index (χ0v) is 12.5. The van der Waals surface area contributed by atoms with E-state index in [-0.39, 0.29) is 22.3 Å². The standard InChI is InChI=1S/C14H14ClN5O2/c1-8(13-18-7-9-5-3-4-6-20(9)13)19-11(14(21)22-2)10(15)12(16)17/h3-7H,1,16-17H2,2H3/b19-11+. The quantitative estimate of drug-likeness (QED) is 0.651. The molecule has 0 aliphatic heterocycles. The summed E-state index contributed by atoms with van der Waals surface area (Å²) < 4.78 is 6.39. The normalized spacial score (nSPS) is 11.3. The number of methoxy groups -OCH3 is 1. The minimum absolute atomic E-state index is 0.200. The van der Waals surface area contributed by atoms with Crippen LogP contribution in [0.1, 0.15) is 5.82 Å². The van der Waals surface area contributed by atoms with E-state index in [1.807, 2.05) is 18.2 Å². The van der Waals surface area contributed by atoms with E-state index in [9.17, 15) is 4.79 Å². The second-order valence-electron chi connectivity index (χ2n) is 4.25. The molecule has 0 unspecified atom stereocenters. The number of hydrogen-bond acceptors (Lipinski definition) is 6. The van der Waals surface area contributed by atoms with E-state index < -0.39 is 5.97 Å². The fourth-order valence-corrected chi connectivity index (χ4v) is 1.88. The number of ether oxygens (including phenoxy) is 1. The smallest absolute Gasteiger partial charge is 0.358 e. The number of hydrogen-bond donors (Lipinski definition) is 2. The largest absolute Gasteiger partial charge is 0.464 e. The molecule has 8 heteroatoms. The molecule has 0 fully saturated rings. The molecule has 0 aliphatic carbocycles. The summed E-state index contributed by atoms with van der Waals surface area (Å²) in [7, 11) is 1.20. The first kappa shape index (κ1) is 15.6. The van der Waals surface area contributed by atoms with E-state index >= 15 is 0 Å². The minimum Gasteiger partial charge on any atom is -0.464 e. The van der Waals surface area contributed by atoms with Gasteiger partial charge in [-0.25, -0.2) is 14.8 Å². The number of nitrogens with zero attached hydrogens (tertiary/aromatic N) is 3. The molecular formula is C14H14ClN5O2. The maximum atomic E-state index is 11.8. The maximum absolute atomic E-state index is 11.8. The van der Waals surface area contributed by atoms with Gasteiger partial charge < -0.3 is 16.2 Å². The van der Waals surface area contributed by atoms with E-state index in [0.717, 1.165) is 5.52 Å². The van der Waals surface area contributed by atoms with Gasteiger partial charge in [0.2, 0.25) is 0 Å². The van der Waals surface area contributed by atoms with Crippen LogP contribution in [-0.4, -0.2) is 28.2 Å². The summed E-state index contributed by atoms with van der Waals surface area (Å²) in [5.41, 5.74) is 11.6. The van der Waals surface area contributed by atoms with Gasteiger partial charge in [-0.05, 0) is 12.1 Å². The molecule has 0 aromatic carbocycles. The summed E-state index contributed by atoms with van der Waals surface area (Å²) in [6, 6.07) is 5.59. The fraction of sp³-hybridized carbons (Fsp3) is 0.0714. The monoisotopic (exact) mass is 319 g/mol. The average molecular weight is 320 g/mol. The Morgan fingerprint density at radius 1 is 1.45 bits per heavy atom. The molecule has 0 saturated heterocycles. The Bertz CT molecular complexity index is 802. The third-order valence-corrected chi connectivity index (χ3v) is 3.18. The highest BCUT2D eigenvalue weighted by molar-refractivity contribution is 6.58. The summed E-state index contributed by atoms with van der Waals surface area (Å²) in [6.07, 6.45) is 3.45. The molecule has 7 nitrogen and oxygen atoms in total. The molecule has 0 aliphatic rings. The van der Waals surface area contributed by atoms with Crippen LogP contribution in [0.3, 0.4) is 0 Å². The van der Waals surface area contributed by atoms with Gasteiger partial charge in [0.25, 0.3) is 0 Å². The topological polar surface area (TPSA) is 108 Å². The van der Waals surface area contributed by atoms with E-state index in [4.69, 9.17) is 23.1 Å². The molecular weight excluding hydrogens is 306 g/mol. The lowest BCUT2D eigenvalue weighted by molar-refractivity contribution is -0.132. The molecule has 0 bridgehead atoms. The SMILES string of the molecule is C=C(/N=C(/C(=O)OC)C(Cl)=C(N)N)c1ncc2ccccn12. The van der Waals surface area contributed by atoms with E-state index in [1.165, 1.54) is 7.11 Å². The van der Waals surface area contributed by atoms with Crippen LogP contribution in [0.15, 0.2) is 53.0 Å². The number of nitrogens with two attached hydrogens (primary N) is 2. The van der Waals surface area contributed by atoms with Gasteiger partial charge in [-0.2, -0.15) is 0 Å². The first-order valence-electron chi connectivity index (χ1n) is 6.15. The van der Waals surface area contributed by atoms with Gasteiger partial charge >= 0.3 is 5.97 Å². The van der Waals surface area contributed by atoms with Gasteiger partial charge in [-0.3, -0.25) is 4.40 Å². The van der Waals surface area contributed by atoms with Crippen molar-refractivity contribution in [3.05, 3.63) is 53.8 Å². The molecule has 114 valence electrons. The highest BCUT2D eigenvalue weighted by atomic mass is 35.5. The third kappa shape index (κ3) is 2.94. The van der Waals surface area contributed by atoms with Crippen molar-refractivity contribution >= 4 is 34.5 Å². The lowest BCUT2D eigenvalue weighted by atomic mass is 10.3. The first-order valence-corrected chi connectivity index (χ1v) is 6.53. The van der Waals surface area contributed by atoms with Crippen molar-refractivity contribution in [3.8, 4) is 0 Å². The Kier molecular flexibility index (Phi) is 4.47. The number of aliphatic imine (C=N–C) groups is 1. The zero-order valence-electron chi connectivity index (χ0n) is 11.8. The number of rotatable bonds is 4. The van der Waals surface area contributed by atoms with Crippen LogP contribution in [-0.2, 0) is 9.53 Å². The Hall–Kier alpha value is -2.80. The van der Waals surface area contributed by atoms with Crippen LogP contribution < -0.4 is 11.5 Å². The number of carbonyl (C=O) groups is 1. The van der Waals surface area contributed by atoms with Crippen molar-refractivity contribution in [2.24, 2.45) is 16.5 Å². The predicted molar refractivity (Wildman–Crippen MR) is 84.9 cm³/mol. The highest BCUT2D eigenvalue weighted by Gasteiger charge is 2.19. The summed E-state index contributed by atoms with van der Waals surface area (Å²) >= 11 is 5.91. The highest BCUT2D eigenvalue weighted by Crippen LogP contribution is 2.18. The van der Waals surface area contributed by atoms with E-state index in [0.29, 0.717) is 5.82 Å². The van der Waals surface area contributed by atoms with E-state index in [2.05, 4.69) is 21.3 Å². The molecule has 2 aromatic heterocycles. The fourth-order valence-electron chi connectivity index (χ4n) is 1.76. The van der Waals surface area contributed by atoms with Crippen molar-refractivity contribution in [1.82, 2.24) is 9.38 Å². The number of halogens is 1. The summed E-state index contributed by atoms with van der Waals surface area (Å²) in [4.78, 5) is 20.1. The number of esters is 1. The number of carbonyl (C=O) groups excluding carboxylic acids is 1. The van der Waals surface area contributed by atoms with Crippen molar-refractivity contribution in [1.29, 1.82) is 0 Å². The molecule has 4 N–H and O–H groups in total. The van der Waals surface area contributed by atoms with Gasteiger partial charge in [-0.1, -0.05) is 24.2 Å². The molecule has 2 aromatic rings. The van der Waals surface area contributed by atoms with Gasteiger partial charge in [0, 0.05) is 6.20 Å². The van der Waals surface area contributed by atoms with Crippen molar-refractivity contribution in [2.75, 3.05) is 7.11 Å². The van der Waals surface area contributed by atoms with Gasteiger partial charge in [0.1, 0.15) is 16.6 Å². The van der Waals surface area contributed by atoms with Crippen molar-refractivity contribution in [3.63, 3.8) is 0 Å². The van der Waals surface area contributed by atoms with Gasteiger partial charge in [-0.15, -0.1) is 0 Å². The van der Waals surface area contributed by atoms with Gasteiger partial charge in [0.05, 0.1) is 18.8 Å². The minimum atomic E-state index is -0.777. The van der Waals surface area contributed by atoms with Crippen LogP contribution >= 0.6 is 11.6 Å². The van der Waals surface area contributed by atoms with E-state index in [1.54, 1.807) is 16.8 Å². The molecule has 2 heterocycles. The average Bonchev–Trinajstić information content (AvgIpc) is 2.95. The number of fused-ring (bicyclic) bond motifs is 1. The van der Waals surface area contributed by atoms with Crippen LogP contribution in [0.25, 0.3) is 11.2 Å². The maximum Gasteiger partial charge on any atom is 0.358 e. The summed E-state index contributed by atoms with van der Waals surface area (Å²) in [5, 5.41) is -0.200. The summed E-state index contributed by atoms with van der Waals surface area (Å²) in [6.45, 7) is 3.80. The number of aromatic nitrogens is 2. The van der Waals surface area contributed by atoms with Crippen LogP contribution in [0.4, 0.5) is 0 Å². The molecule has 0 spiro atoms. The van der Waals surface area contributed by atoms with Gasteiger partial charge in [0.15, 0.2) is 11.5 Å². The third-order valence-electron chi connectivity index (χ3n) is 2.78. The lowest BCUT2D eigenvalue weighted by Gasteiger charge is -2.06. The van der Waals surface area contributed by atoms with Crippen molar-refractivity contribution in [2.45, 2.75) is 0 Å². The van der Waals surface area contributed by atoms with Crippen LogP contribution in [0, 0.1) is 0 Å². The summed E-state index contributed by atoms with van der Waals surface area (Å²) in [5.74, 6) is -0.566. The second kappa shape index (κ2) is 6.31. The Morgan fingerprint density at radius 3 is 2.82 bits per heavy atom. The zero-order chi connectivity index (χ0) is 16.3. The molecule has 2 rings (SSSR count). The second-order valence-corrected chi connectivity index (χ2v) is 4.62. The number of pyridine rings is 1. The first-order chi connectivity index (χ1) is 10.5. The predicted octanol–water partition coefficient (Wildman–Crippen LogP) is 1.24. The Labute approximate surface area is 131 Å². The Morgan fingerprint density at radius 2 is 2.18 bits per heavy atom. The molecule has 0 atom stereocenters. The number of imidazole rings is 1. The molecule has 0 radical (unpaired) electrons. The molecule has 0 amide bonds. The Balaban J connectivity index is 2.50. The lowest BCUT2D eigenvalue weighted by Crippen LogP contribution is -2.22.